The summed E-state index contributed by atoms with van der Waals surface area (Å²) in [6.07, 6.45) is 3.86. The van der Waals surface area contributed by atoms with Gasteiger partial charge in [0.05, 0.1) is 24.9 Å². The van der Waals surface area contributed by atoms with Crippen molar-refractivity contribution in [2.24, 2.45) is 5.10 Å². The Morgan fingerprint density at radius 3 is 3.09 bits per heavy atom. The molecule has 0 bridgehead atoms. The molecule has 1 aromatic carbocycles. The standard InChI is InChI=1S/C17H20N4O2/c22-17(5-7-21-8-10-23-11-9-21)20-19-13-14-3-4-16-15(12-14)2-1-6-18-16/h1-4,6,12-13H,5,7-11H2,(H,20,22)/b19-13+. The van der Waals surface area contributed by atoms with Gasteiger partial charge >= 0.3 is 0 Å². The zero-order chi connectivity index (χ0) is 15.9. The van der Waals surface area contributed by atoms with Crippen LogP contribution in [0.15, 0.2) is 41.6 Å². The molecule has 2 aromatic rings. The Balaban J connectivity index is 1.48. The first-order valence-electron chi connectivity index (χ1n) is 7.78. The zero-order valence-electron chi connectivity index (χ0n) is 12.9. The number of benzene rings is 1. The fourth-order valence-electron chi connectivity index (χ4n) is 2.49. The summed E-state index contributed by atoms with van der Waals surface area (Å²) >= 11 is 0. The maximum atomic E-state index is 11.8. The van der Waals surface area contributed by atoms with Gasteiger partial charge < -0.3 is 4.74 Å². The molecule has 23 heavy (non-hydrogen) atoms. The first kappa shape index (κ1) is 15.6. The van der Waals surface area contributed by atoms with Gasteiger partial charge in [0.1, 0.15) is 0 Å². The summed E-state index contributed by atoms with van der Waals surface area (Å²) in [7, 11) is 0. The van der Waals surface area contributed by atoms with Crippen LogP contribution in [-0.4, -0.2) is 54.9 Å². The number of carbonyl (C=O) groups is 1. The largest absolute Gasteiger partial charge is 0.379 e. The quantitative estimate of drug-likeness (QED) is 0.669. The molecule has 0 saturated carbocycles. The fraction of sp³-hybridized carbons (Fsp3) is 0.353. The maximum absolute atomic E-state index is 11.8. The second-order valence-electron chi connectivity index (χ2n) is 5.45. The topological polar surface area (TPSA) is 66.8 Å². The molecule has 1 aromatic heterocycles. The smallest absolute Gasteiger partial charge is 0.241 e. The lowest BCUT2D eigenvalue weighted by Gasteiger charge is -2.25. The van der Waals surface area contributed by atoms with Crippen LogP contribution in [0.1, 0.15) is 12.0 Å². The highest BCUT2D eigenvalue weighted by molar-refractivity contribution is 5.89. The van der Waals surface area contributed by atoms with Gasteiger partial charge in [0, 0.05) is 37.6 Å². The van der Waals surface area contributed by atoms with Gasteiger partial charge in [-0.3, -0.25) is 14.7 Å². The van der Waals surface area contributed by atoms with E-state index in [9.17, 15) is 4.79 Å². The van der Waals surface area contributed by atoms with E-state index < -0.39 is 0 Å². The Morgan fingerprint density at radius 1 is 1.35 bits per heavy atom. The molecule has 120 valence electrons. The van der Waals surface area contributed by atoms with Crippen molar-refractivity contribution in [1.82, 2.24) is 15.3 Å². The number of nitrogens with zero attached hydrogens (tertiary/aromatic N) is 3. The van der Waals surface area contributed by atoms with Gasteiger partial charge in [0.25, 0.3) is 0 Å². The van der Waals surface area contributed by atoms with E-state index in [1.54, 1.807) is 12.4 Å². The first-order chi connectivity index (χ1) is 11.3. The summed E-state index contributed by atoms with van der Waals surface area (Å²) in [6.45, 7) is 4.02. The number of hydrogen-bond acceptors (Lipinski definition) is 5. The number of hydrogen-bond donors (Lipinski definition) is 1. The highest BCUT2D eigenvalue weighted by Gasteiger charge is 2.11. The van der Waals surface area contributed by atoms with Gasteiger partial charge in [-0.05, 0) is 23.8 Å². The maximum Gasteiger partial charge on any atom is 0.241 e. The van der Waals surface area contributed by atoms with Crippen molar-refractivity contribution in [3.8, 4) is 0 Å². The Kier molecular flexibility index (Phi) is 5.29. The van der Waals surface area contributed by atoms with Crippen molar-refractivity contribution >= 4 is 23.0 Å². The summed E-state index contributed by atoms with van der Waals surface area (Å²) in [4.78, 5) is 18.3. The minimum atomic E-state index is -0.0739. The van der Waals surface area contributed by atoms with E-state index in [0.29, 0.717) is 6.42 Å². The van der Waals surface area contributed by atoms with Crippen LogP contribution < -0.4 is 5.43 Å². The number of ether oxygens (including phenoxy) is 1. The van der Waals surface area contributed by atoms with Gasteiger partial charge in [-0.25, -0.2) is 5.43 Å². The molecule has 0 radical (unpaired) electrons. The molecule has 3 rings (SSSR count). The Hall–Kier alpha value is -2.31. The summed E-state index contributed by atoms with van der Waals surface area (Å²) in [5, 5.41) is 5.07. The molecule has 1 N–H and O–H groups in total. The zero-order valence-corrected chi connectivity index (χ0v) is 12.9. The number of amides is 1. The number of hydrazone groups is 1. The lowest BCUT2D eigenvalue weighted by atomic mass is 10.1. The molecule has 1 saturated heterocycles. The number of aromatic nitrogens is 1. The number of carbonyl (C=O) groups excluding carboxylic acids is 1. The van der Waals surface area contributed by atoms with Crippen LogP contribution in [0.2, 0.25) is 0 Å². The van der Waals surface area contributed by atoms with Crippen molar-refractivity contribution in [3.05, 3.63) is 42.1 Å². The normalized spacial score (nSPS) is 16.0. The highest BCUT2D eigenvalue weighted by atomic mass is 16.5. The third-order valence-electron chi connectivity index (χ3n) is 3.79. The third-order valence-corrected chi connectivity index (χ3v) is 3.79. The molecule has 1 amide bonds. The second kappa shape index (κ2) is 7.80. The Morgan fingerprint density at radius 2 is 2.22 bits per heavy atom. The number of fused-ring (bicyclic) bond motifs is 1. The first-order valence-corrected chi connectivity index (χ1v) is 7.78. The van der Waals surface area contributed by atoms with Crippen molar-refractivity contribution in [2.75, 3.05) is 32.8 Å². The van der Waals surface area contributed by atoms with E-state index in [0.717, 1.165) is 49.3 Å². The van der Waals surface area contributed by atoms with Crippen LogP contribution in [0.25, 0.3) is 10.9 Å². The van der Waals surface area contributed by atoms with E-state index in [4.69, 9.17) is 4.74 Å². The van der Waals surface area contributed by atoms with E-state index in [-0.39, 0.29) is 5.91 Å². The minimum Gasteiger partial charge on any atom is -0.379 e. The summed E-state index contributed by atoms with van der Waals surface area (Å²) in [5.41, 5.74) is 4.45. The molecular weight excluding hydrogens is 292 g/mol. The molecule has 0 unspecified atom stereocenters. The van der Waals surface area contributed by atoms with Crippen LogP contribution in [0.4, 0.5) is 0 Å². The lowest BCUT2D eigenvalue weighted by molar-refractivity contribution is -0.121. The minimum absolute atomic E-state index is 0.0739. The van der Waals surface area contributed by atoms with E-state index >= 15 is 0 Å². The molecule has 0 spiro atoms. The van der Waals surface area contributed by atoms with Gasteiger partial charge in [-0.15, -0.1) is 0 Å². The summed E-state index contributed by atoms with van der Waals surface area (Å²) in [5.74, 6) is -0.0739. The fourth-order valence-corrected chi connectivity index (χ4v) is 2.49. The van der Waals surface area contributed by atoms with E-state index in [1.165, 1.54) is 0 Å². The Labute approximate surface area is 135 Å². The average molecular weight is 312 g/mol. The van der Waals surface area contributed by atoms with Crippen molar-refractivity contribution in [2.45, 2.75) is 6.42 Å². The second-order valence-corrected chi connectivity index (χ2v) is 5.45. The summed E-state index contributed by atoms with van der Waals surface area (Å²) < 4.78 is 5.28. The molecule has 0 atom stereocenters. The Bertz CT molecular complexity index is 696. The number of rotatable bonds is 5. The highest BCUT2D eigenvalue weighted by Crippen LogP contribution is 2.11. The van der Waals surface area contributed by atoms with Gasteiger partial charge in [0.15, 0.2) is 0 Å². The van der Waals surface area contributed by atoms with Crippen molar-refractivity contribution < 1.29 is 9.53 Å². The van der Waals surface area contributed by atoms with Gasteiger partial charge in [-0.2, -0.15) is 5.10 Å². The number of pyridine rings is 1. The molecule has 6 heteroatoms. The van der Waals surface area contributed by atoms with Crippen LogP contribution in [0, 0.1) is 0 Å². The van der Waals surface area contributed by atoms with Gasteiger partial charge in [0.2, 0.25) is 5.91 Å². The van der Waals surface area contributed by atoms with Crippen LogP contribution in [0.5, 0.6) is 0 Å². The monoisotopic (exact) mass is 312 g/mol. The van der Waals surface area contributed by atoms with Gasteiger partial charge in [-0.1, -0.05) is 12.1 Å². The number of nitrogens with one attached hydrogen (secondary N) is 1. The average Bonchev–Trinajstić information content (AvgIpc) is 2.61. The molecule has 6 nitrogen and oxygen atoms in total. The van der Waals surface area contributed by atoms with E-state index in [2.05, 4.69) is 20.4 Å². The molecule has 1 aliphatic heterocycles. The van der Waals surface area contributed by atoms with E-state index in [1.807, 2.05) is 30.3 Å². The third kappa shape index (κ3) is 4.58. The molecule has 1 aliphatic rings. The van der Waals surface area contributed by atoms with Crippen LogP contribution >= 0.6 is 0 Å². The number of morpholine rings is 1. The molecule has 0 aliphatic carbocycles. The van der Waals surface area contributed by atoms with Crippen LogP contribution in [0.3, 0.4) is 0 Å². The lowest BCUT2D eigenvalue weighted by Crippen LogP contribution is -2.38. The molecule has 1 fully saturated rings. The molecule has 2 heterocycles. The van der Waals surface area contributed by atoms with Crippen LogP contribution in [-0.2, 0) is 9.53 Å². The predicted molar refractivity (Wildman–Crippen MR) is 89.4 cm³/mol. The van der Waals surface area contributed by atoms with Crippen molar-refractivity contribution in [3.63, 3.8) is 0 Å². The SMILES string of the molecule is O=C(CCN1CCOCC1)N/N=C/c1ccc2ncccc2c1. The summed E-state index contributed by atoms with van der Waals surface area (Å²) in [6, 6.07) is 9.76. The molecular formula is C17H20N4O2. The predicted octanol–water partition coefficient (Wildman–Crippen LogP) is 1.41. The van der Waals surface area contributed by atoms with Crippen molar-refractivity contribution in [1.29, 1.82) is 0 Å².